The van der Waals surface area contributed by atoms with Crippen molar-refractivity contribution in [2.24, 2.45) is 16.6 Å². The van der Waals surface area contributed by atoms with Crippen LogP contribution in [0.3, 0.4) is 0 Å². The Kier molecular flexibility index (Phi) is 9.04. The van der Waals surface area contributed by atoms with Gasteiger partial charge in [-0.25, -0.2) is 9.38 Å². The van der Waals surface area contributed by atoms with E-state index in [-0.39, 0.29) is 11.1 Å². The minimum atomic E-state index is -4.68. The van der Waals surface area contributed by atoms with Crippen LogP contribution in [0.2, 0.25) is 0 Å². The molecule has 46 heavy (non-hydrogen) atoms. The number of hydrogen-bond acceptors (Lipinski definition) is 4. The maximum atomic E-state index is 14.8. The molecule has 4 aromatic carbocycles. The second-order valence-electron chi connectivity index (χ2n) is 10.9. The number of carbonyl (C=O) groups excluding carboxylic acids is 3. The number of nitrogens with one attached hydrogen (secondary N) is 1. The van der Waals surface area contributed by atoms with E-state index in [9.17, 15) is 31.9 Å². The molecule has 4 aromatic rings. The van der Waals surface area contributed by atoms with E-state index in [1.165, 1.54) is 36.2 Å². The second-order valence-corrected chi connectivity index (χ2v) is 10.9. The van der Waals surface area contributed by atoms with Crippen molar-refractivity contribution in [3.63, 3.8) is 0 Å². The lowest BCUT2D eigenvalue weighted by molar-refractivity contribution is -0.146. The van der Waals surface area contributed by atoms with Crippen molar-refractivity contribution < 1.29 is 31.9 Å². The topological polar surface area (TPSA) is 105 Å². The number of benzene rings is 4. The van der Waals surface area contributed by atoms with Crippen LogP contribution in [0.4, 0.5) is 23.2 Å². The first-order valence-corrected chi connectivity index (χ1v) is 14.4. The van der Waals surface area contributed by atoms with E-state index < -0.39 is 60.1 Å². The number of para-hydroxylation sites is 1. The highest BCUT2D eigenvalue weighted by atomic mass is 19.4. The molecule has 1 aliphatic rings. The zero-order chi connectivity index (χ0) is 33.1. The van der Waals surface area contributed by atoms with Crippen LogP contribution in [0.1, 0.15) is 35.1 Å². The number of anilines is 1. The Balaban J connectivity index is 1.72. The summed E-state index contributed by atoms with van der Waals surface area (Å²) in [6.45, 7) is 0. The molecule has 3 N–H and O–H groups in total. The number of amides is 3. The zero-order valence-electron chi connectivity index (χ0n) is 24.7. The van der Waals surface area contributed by atoms with Gasteiger partial charge < -0.3 is 16.0 Å². The summed E-state index contributed by atoms with van der Waals surface area (Å²) in [5, 5.41) is 2.66. The molecule has 0 aliphatic carbocycles. The largest absolute Gasteiger partial charge is 0.389 e. The number of halogens is 4. The molecule has 236 valence electrons. The van der Waals surface area contributed by atoms with E-state index in [4.69, 9.17) is 10.7 Å². The molecule has 0 spiro atoms. The summed E-state index contributed by atoms with van der Waals surface area (Å²) in [6, 6.07) is 28.2. The van der Waals surface area contributed by atoms with E-state index in [2.05, 4.69) is 5.32 Å². The van der Waals surface area contributed by atoms with Gasteiger partial charge in [0.25, 0.3) is 5.91 Å². The van der Waals surface area contributed by atoms with Gasteiger partial charge in [0.15, 0.2) is 0 Å². The van der Waals surface area contributed by atoms with Crippen LogP contribution in [0, 0.1) is 11.7 Å². The quantitative estimate of drug-likeness (QED) is 0.238. The summed E-state index contributed by atoms with van der Waals surface area (Å²) in [7, 11) is 1.52. The lowest BCUT2D eigenvalue weighted by Gasteiger charge is -2.40. The maximum absolute atomic E-state index is 14.8. The number of rotatable bonds is 9. The van der Waals surface area contributed by atoms with Crippen molar-refractivity contribution in [3.8, 4) is 0 Å². The van der Waals surface area contributed by atoms with Crippen LogP contribution in [-0.4, -0.2) is 42.8 Å². The number of primary amides is 1. The Labute approximate surface area is 262 Å². The van der Waals surface area contributed by atoms with Crippen LogP contribution in [0.5, 0.6) is 0 Å². The molecule has 3 atom stereocenters. The molecule has 5 rings (SSSR count). The number of aliphatic imine (C=N–C) groups is 1. The number of benzodiazepines with no additional fused rings is 1. The van der Waals surface area contributed by atoms with Gasteiger partial charge in [0, 0.05) is 24.6 Å². The maximum Gasteiger partial charge on any atom is 0.389 e. The van der Waals surface area contributed by atoms with Gasteiger partial charge in [0.2, 0.25) is 18.0 Å². The monoisotopic (exact) mass is 630 g/mol. The molecule has 3 amide bonds. The number of likely N-dealkylation sites (N-methyl/N-ethyl adjacent to an activating group) is 1. The van der Waals surface area contributed by atoms with Gasteiger partial charge in [0.05, 0.1) is 17.3 Å². The summed E-state index contributed by atoms with van der Waals surface area (Å²) >= 11 is 0. The third kappa shape index (κ3) is 6.26. The van der Waals surface area contributed by atoms with Gasteiger partial charge in [-0.1, -0.05) is 91.0 Å². The molecule has 1 aliphatic heterocycles. The fourth-order valence-corrected chi connectivity index (χ4v) is 5.96. The Morgan fingerprint density at radius 3 is 2.04 bits per heavy atom. The molecule has 0 unspecified atom stereocenters. The molecule has 11 heteroatoms. The summed E-state index contributed by atoms with van der Waals surface area (Å²) in [4.78, 5) is 47.9. The van der Waals surface area contributed by atoms with Crippen molar-refractivity contribution in [3.05, 3.63) is 137 Å². The van der Waals surface area contributed by atoms with Crippen molar-refractivity contribution in [1.82, 2.24) is 5.32 Å². The Morgan fingerprint density at radius 2 is 1.43 bits per heavy atom. The van der Waals surface area contributed by atoms with Gasteiger partial charge in [-0.15, -0.1) is 0 Å². The highest BCUT2D eigenvalue weighted by Crippen LogP contribution is 2.44. The summed E-state index contributed by atoms with van der Waals surface area (Å²) < 4.78 is 55.0. The van der Waals surface area contributed by atoms with Gasteiger partial charge in [-0.3, -0.25) is 14.4 Å². The van der Waals surface area contributed by atoms with Crippen LogP contribution in [0.15, 0.2) is 114 Å². The third-order valence-electron chi connectivity index (χ3n) is 8.13. The summed E-state index contributed by atoms with van der Waals surface area (Å²) in [5.41, 5.74) is 5.85. The minimum absolute atomic E-state index is 0.00792. The average Bonchev–Trinajstić information content (AvgIpc) is 3.14. The van der Waals surface area contributed by atoms with Crippen LogP contribution >= 0.6 is 0 Å². The average molecular weight is 631 g/mol. The van der Waals surface area contributed by atoms with Crippen molar-refractivity contribution in [2.45, 2.75) is 30.6 Å². The molecule has 0 radical (unpaired) electrons. The Morgan fingerprint density at radius 1 is 0.870 bits per heavy atom. The normalized spacial score (nSPS) is 16.8. The summed E-state index contributed by atoms with van der Waals surface area (Å²) in [6.07, 6.45) is -8.54. The third-order valence-corrected chi connectivity index (χ3v) is 8.13. The zero-order valence-corrected chi connectivity index (χ0v) is 24.7. The highest BCUT2D eigenvalue weighted by Gasteiger charge is 2.53. The molecular weight excluding hydrogens is 600 g/mol. The highest BCUT2D eigenvalue weighted by molar-refractivity contribution is 6.20. The molecule has 0 fully saturated rings. The number of nitrogens with two attached hydrogens (primary N) is 1. The number of alkyl halides is 3. The first-order chi connectivity index (χ1) is 21.9. The molecule has 0 aromatic heterocycles. The molecule has 0 bridgehead atoms. The van der Waals surface area contributed by atoms with E-state index >= 15 is 0 Å². The van der Waals surface area contributed by atoms with E-state index in [1.54, 1.807) is 66.7 Å². The van der Waals surface area contributed by atoms with E-state index in [1.807, 2.05) is 6.07 Å². The number of fused-ring (bicyclic) bond motifs is 1. The Hall–Kier alpha value is -5.32. The van der Waals surface area contributed by atoms with E-state index in [0.717, 1.165) is 12.1 Å². The van der Waals surface area contributed by atoms with Crippen molar-refractivity contribution in [1.29, 1.82) is 0 Å². The fraction of sp³-hybridized carbons (Fsp3) is 0.200. The number of carbonyl (C=O) groups is 3. The van der Waals surface area contributed by atoms with Crippen LogP contribution in [0.25, 0.3) is 0 Å². The molecule has 7 nitrogen and oxygen atoms in total. The van der Waals surface area contributed by atoms with Gasteiger partial charge in [0.1, 0.15) is 11.2 Å². The molecule has 0 saturated carbocycles. The van der Waals surface area contributed by atoms with Gasteiger partial charge in [-0.2, -0.15) is 13.2 Å². The molecule has 1 heterocycles. The Bertz CT molecular complexity index is 1760. The predicted molar refractivity (Wildman–Crippen MR) is 165 cm³/mol. The molecule has 0 saturated heterocycles. The fourth-order valence-electron chi connectivity index (χ4n) is 5.96. The number of hydrogen-bond donors (Lipinski definition) is 2. The van der Waals surface area contributed by atoms with Crippen molar-refractivity contribution >= 4 is 29.1 Å². The van der Waals surface area contributed by atoms with Gasteiger partial charge in [-0.05, 0) is 35.7 Å². The first-order valence-electron chi connectivity index (χ1n) is 14.4. The summed E-state index contributed by atoms with van der Waals surface area (Å²) in [5.74, 6) is -5.27. The first kappa shape index (κ1) is 32.1. The minimum Gasteiger partial charge on any atom is -0.369 e. The number of nitrogens with zero attached hydrogens (tertiary/aromatic N) is 2. The SMILES string of the molecule is CN1C(=O)[C@@H](NC(=O)[C@](c2ccccc2)(c2ccc(F)cc2)[C@@H](CCC(F)(F)F)C(N)=O)N=C(c2ccccc2)c2ccccc21. The lowest BCUT2D eigenvalue weighted by atomic mass is 9.63. The van der Waals surface area contributed by atoms with Crippen molar-refractivity contribution in [2.75, 3.05) is 11.9 Å². The van der Waals surface area contributed by atoms with Crippen LogP contribution < -0.4 is 16.0 Å². The smallest absolute Gasteiger partial charge is 0.369 e. The molecular formula is C35H30F4N4O3. The van der Waals surface area contributed by atoms with Gasteiger partial charge >= 0.3 is 6.18 Å². The lowest BCUT2D eigenvalue weighted by Crippen LogP contribution is -2.58. The predicted octanol–water partition coefficient (Wildman–Crippen LogP) is 5.51. The van der Waals surface area contributed by atoms with Crippen LogP contribution in [-0.2, 0) is 19.8 Å². The second kappa shape index (κ2) is 13.0. The van der Waals surface area contributed by atoms with E-state index in [0.29, 0.717) is 22.5 Å². The standard InChI is InChI=1S/C35H30F4N4O3/c1-43-28-15-9-8-14-26(28)29(22-10-4-2-5-11-22)41-31(32(43)45)42-33(46)35(23-12-6-3-7-13-23,24-16-18-25(36)19-17-24)27(30(40)44)20-21-34(37,38)39/h2-19,27,31H,20-21H2,1H3,(H2,40,44)(H,42,46)/t27-,31+,35+/m0/s1.